The number of esters is 4. The Morgan fingerprint density at radius 3 is 1.92 bits per heavy atom. The van der Waals surface area contributed by atoms with Crippen LogP contribution in [-0.2, 0) is 42.9 Å². The summed E-state index contributed by atoms with van der Waals surface area (Å²) in [5, 5.41) is 10.0. The molecule has 1 rings (SSSR count). The Balaban J connectivity index is 3.22. The molecular weight excluding hydrogens is 347 g/mol. The van der Waals surface area contributed by atoms with Gasteiger partial charge in [0.25, 0.3) is 6.29 Å². The molecule has 1 heterocycles. The zero-order valence-corrected chi connectivity index (χ0v) is 14.0. The number of halogens is 1. The molecule has 0 unspecified atom stereocenters. The average Bonchev–Trinajstić information content (AvgIpc) is 2.43. The minimum absolute atomic E-state index is 0.543. The molecule has 0 spiro atoms. The van der Waals surface area contributed by atoms with Gasteiger partial charge < -0.3 is 28.8 Å². The maximum absolute atomic E-state index is 14.8. The van der Waals surface area contributed by atoms with Crippen LogP contribution in [0, 0.1) is 0 Å². The Kier molecular flexibility index (Phi) is 6.82. The third-order valence-electron chi connectivity index (χ3n) is 3.01. The van der Waals surface area contributed by atoms with Crippen LogP contribution in [0.25, 0.3) is 0 Å². The highest BCUT2D eigenvalue weighted by Crippen LogP contribution is 2.36. The summed E-state index contributed by atoms with van der Waals surface area (Å²) in [6.07, 6.45) is -7.34. The number of rotatable bonds is 5. The molecule has 0 aromatic heterocycles. The lowest BCUT2D eigenvalue weighted by Gasteiger charge is -2.45. The molecule has 0 saturated carbocycles. The first-order chi connectivity index (χ1) is 11.4. The first-order valence-corrected chi connectivity index (χ1v) is 7.17. The lowest BCUT2D eigenvalue weighted by atomic mass is 9.96. The minimum atomic E-state index is -3.52. The number of ether oxygens (including phenoxy) is 5. The van der Waals surface area contributed by atoms with Crippen LogP contribution >= 0.6 is 0 Å². The molecular formula is C14H19FO10. The summed E-state index contributed by atoms with van der Waals surface area (Å²) >= 11 is 0. The van der Waals surface area contributed by atoms with E-state index < -0.39 is 60.9 Å². The van der Waals surface area contributed by atoms with Crippen molar-refractivity contribution in [3.63, 3.8) is 0 Å². The number of hydrogen-bond acceptors (Lipinski definition) is 10. The van der Waals surface area contributed by atoms with E-state index in [1.165, 1.54) is 0 Å². The van der Waals surface area contributed by atoms with Crippen LogP contribution in [0.4, 0.5) is 4.39 Å². The topological polar surface area (TPSA) is 135 Å². The molecule has 0 aromatic rings. The van der Waals surface area contributed by atoms with Crippen molar-refractivity contribution in [3.8, 4) is 0 Å². The van der Waals surface area contributed by atoms with E-state index in [1.807, 2.05) is 0 Å². The zero-order chi connectivity index (χ0) is 19.4. The second-order valence-electron chi connectivity index (χ2n) is 5.25. The van der Waals surface area contributed by atoms with Gasteiger partial charge in [0.05, 0.1) is 0 Å². The van der Waals surface area contributed by atoms with Crippen LogP contribution in [0.15, 0.2) is 0 Å². The molecule has 0 radical (unpaired) electrons. The smallest absolute Gasteiger partial charge is 0.310 e. The fourth-order valence-corrected chi connectivity index (χ4v) is 2.14. The lowest BCUT2D eigenvalue weighted by Crippen LogP contribution is -2.67. The van der Waals surface area contributed by atoms with Gasteiger partial charge in [-0.3, -0.25) is 19.2 Å². The van der Waals surface area contributed by atoms with Crippen LogP contribution in [0.1, 0.15) is 27.7 Å². The van der Waals surface area contributed by atoms with Gasteiger partial charge in [0.2, 0.25) is 6.10 Å². The van der Waals surface area contributed by atoms with Crippen LogP contribution in [0.3, 0.4) is 0 Å². The number of carbonyl (C=O) groups excluding carboxylic acids is 4. The van der Waals surface area contributed by atoms with Crippen LogP contribution < -0.4 is 0 Å². The Morgan fingerprint density at radius 2 is 1.48 bits per heavy atom. The number of alkyl halides is 1. The molecule has 0 aliphatic carbocycles. The fourth-order valence-electron chi connectivity index (χ4n) is 2.14. The highest BCUT2D eigenvalue weighted by molar-refractivity contribution is 5.68. The number of carbonyl (C=O) groups is 4. The standard InChI is InChI=1S/C14H19FO10/c1-6(16)21-5-10-11(22-7(2)17)12(23-8(3)18)14(15,20)13(25-10)24-9(4)19/h10-13,20H,5H2,1-4H3/t10-,11-,12+,13-,14+/m1/s1. The first kappa shape index (κ1) is 20.8. The van der Waals surface area contributed by atoms with Crippen molar-refractivity contribution in [2.75, 3.05) is 6.61 Å². The molecule has 0 amide bonds. The van der Waals surface area contributed by atoms with E-state index in [0.29, 0.717) is 0 Å². The Labute approximate surface area is 142 Å². The van der Waals surface area contributed by atoms with E-state index in [9.17, 15) is 28.7 Å². The van der Waals surface area contributed by atoms with Crippen LogP contribution in [0.2, 0.25) is 0 Å². The summed E-state index contributed by atoms with van der Waals surface area (Å²) in [5.74, 6) is -7.16. The van der Waals surface area contributed by atoms with Gasteiger partial charge in [-0.2, -0.15) is 0 Å². The summed E-state index contributed by atoms with van der Waals surface area (Å²) < 4.78 is 38.7. The molecule has 142 valence electrons. The van der Waals surface area contributed by atoms with E-state index in [0.717, 1.165) is 27.7 Å². The van der Waals surface area contributed by atoms with Gasteiger partial charge in [-0.1, -0.05) is 0 Å². The van der Waals surface area contributed by atoms with Gasteiger partial charge in [0.1, 0.15) is 12.7 Å². The molecule has 10 nitrogen and oxygen atoms in total. The average molecular weight is 366 g/mol. The molecule has 1 N–H and O–H groups in total. The fraction of sp³-hybridized carbons (Fsp3) is 0.714. The summed E-state index contributed by atoms with van der Waals surface area (Å²) in [4.78, 5) is 44.6. The largest absolute Gasteiger partial charge is 0.463 e. The predicted molar refractivity (Wildman–Crippen MR) is 74.2 cm³/mol. The van der Waals surface area contributed by atoms with E-state index >= 15 is 0 Å². The highest BCUT2D eigenvalue weighted by atomic mass is 19.2. The predicted octanol–water partition coefficient (Wildman–Crippen LogP) is -0.641. The van der Waals surface area contributed by atoms with Crippen molar-refractivity contribution in [1.82, 2.24) is 0 Å². The molecule has 1 aliphatic rings. The summed E-state index contributed by atoms with van der Waals surface area (Å²) in [6, 6.07) is 0. The molecule has 5 atom stereocenters. The van der Waals surface area contributed by atoms with Gasteiger partial charge >= 0.3 is 29.7 Å². The van der Waals surface area contributed by atoms with Gasteiger partial charge in [0.15, 0.2) is 6.10 Å². The van der Waals surface area contributed by atoms with Crippen molar-refractivity contribution in [3.05, 3.63) is 0 Å². The lowest BCUT2D eigenvalue weighted by molar-refractivity contribution is -0.371. The van der Waals surface area contributed by atoms with Gasteiger partial charge in [-0.05, 0) is 0 Å². The second-order valence-corrected chi connectivity index (χ2v) is 5.25. The Bertz CT molecular complexity index is 546. The van der Waals surface area contributed by atoms with Gasteiger partial charge in [0, 0.05) is 27.7 Å². The Morgan fingerprint density at radius 1 is 0.960 bits per heavy atom. The Hall–Kier alpha value is -2.27. The quantitative estimate of drug-likeness (QED) is 0.494. The van der Waals surface area contributed by atoms with Gasteiger partial charge in [-0.15, -0.1) is 0 Å². The molecule has 0 aromatic carbocycles. The normalized spacial score (nSPS) is 31.6. The third-order valence-corrected chi connectivity index (χ3v) is 3.01. The minimum Gasteiger partial charge on any atom is -0.463 e. The first-order valence-electron chi connectivity index (χ1n) is 7.17. The number of aliphatic hydroxyl groups is 1. The molecule has 1 saturated heterocycles. The molecule has 0 bridgehead atoms. The van der Waals surface area contributed by atoms with Crippen molar-refractivity contribution < 1.29 is 52.4 Å². The van der Waals surface area contributed by atoms with Crippen LogP contribution in [-0.4, -0.2) is 66.0 Å². The number of hydrogen-bond donors (Lipinski definition) is 1. The maximum Gasteiger partial charge on any atom is 0.310 e. The van der Waals surface area contributed by atoms with Crippen molar-refractivity contribution in [2.24, 2.45) is 0 Å². The molecule has 11 heteroatoms. The monoisotopic (exact) mass is 366 g/mol. The highest BCUT2D eigenvalue weighted by Gasteiger charge is 2.62. The summed E-state index contributed by atoms with van der Waals surface area (Å²) in [6.45, 7) is 3.39. The van der Waals surface area contributed by atoms with E-state index in [1.54, 1.807) is 0 Å². The van der Waals surface area contributed by atoms with Gasteiger partial charge in [-0.25, -0.2) is 4.39 Å². The maximum atomic E-state index is 14.8. The van der Waals surface area contributed by atoms with E-state index in [4.69, 9.17) is 18.9 Å². The summed E-state index contributed by atoms with van der Waals surface area (Å²) in [7, 11) is 0. The summed E-state index contributed by atoms with van der Waals surface area (Å²) in [5.41, 5.74) is 0. The zero-order valence-electron chi connectivity index (χ0n) is 14.0. The second kappa shape index (κ2) is 8.21. The van der Waals surface area contributed by atoms with Crippen molar-refractivity contribution in [1.29, 1.82) is 0 Å². The van der Waals surface area contributed by atoms with E-state index in [-0.39, 0.29) is 0 Å². The van der Waals surface area contributed by atoms with E-state index in [2.05, 4.69) is 4.74 Å². The molecule has 25 heavy (non-hydrogen) atoms. The van der Waals surface area contributed by atoms with Crippen LogP contribution in [0.5, 0.6) is 0 Å². The SMILES string of the molecule is CC(=O)OC[C@H]1O[C@@H](OC(C)=O)[C@](O)(F)[C@@H](OC(C)=O)[C@@H]1OC(C)=O. The van der Waals surface area contributed by atoms with Crippen molar-refractivity contribution >= 4 is 23.9 Å². The molecule has 1 fully saturated rings. The molecule has 1 aliphatic heterocycles. The van der Waals surface area contributed by atoms with Crippen molar-refractivity contribution in [2.45, 2.75) is 58.2 Å². The third kappa shape index (κ3) is 5.64.